The van der Waals surface area contributed by atoms with Crippen LogP contribution in [0.1, 0.15) is 30.6 Å². The summed E-state index contributed by atoms with van der Waals surface area (Å²) in [6.45, 7) is 3.58. The van der Waals surface area contributed by atoms with Crippen LogP contribution in [0.5, 0.6) is 17.2 Å². The number of nitrogens with zero attached hydrogens (tertiary/aromatic N) is 1. The van der Waals surface area contributed by atoms with Crippen LogP contribution in [0.2, 0.25) is 0 Å². The molecule has 1 unspecified atom stereocenters. The number of ketones is 1. The molecule has 0 saturated carbocycles. The SMILES string of the molecule is CCOC(=O)C(CC)N1C(=O)C(=O)c2c1cc(OC)c(OC)c2OC. The van der Waals surface area contributed by atoms with Gasteiger partial charge in [0.2, 0.25) is 5.75 Å². The fourth-order valence-electron chi connectivity index (χ4n) is 2.88. The Morgan fingerprint density at radius 1 is 1.08 bits per heavy atom. The van der Waals surface area contributed by atoms with Gasteiger partial charge in [-0.15, -0.1) is 0 Å². The Balaban J connectivity index is 2.69. The minimum Gasteiger partial charge on any atom is -0.493 e. The molecule has 136 valence electrons. The number of fused-ring (bicyclic) bond motifs is 1. The van der Waals surface area contributed by atoms with Crippen LogP contribution in [0.3, 0.4) is 0 Å². The van der Waals surface area contributed by atoms with Crippen LogP contribution in [-0.2, 0) is 14.3 Å². The molecule has 1 heterocycles. The molecule has 1 aromatic rings. The molecule has 1 aromatic carbocycles. The van der Waals surface area contributed by atoms with Gasteiger partial charge in [0.05, 0.1) is 39.2 Å². The van der Waals surface area contributed by atoms with Crippen LogP contribution in [0, 0.1) is 0 Å². The summed E-state index contributed by atoms with van der Waals surface area (Å²) in [6.07, 6.45) is 0.286. The fraction of sp³-hybridized carbons (Fsp3) is 0.471. The number of hydrogen-bond acceptors (Lipinski definition) is 7. The van der Waals surface area contributed by atoms with E-state index in [1.54, 1.807) is 13.8 Å². The van der Waals surface area contributed by atoms with Crippen LogP contribution in [0.15, 0.2) is 6.07 Å². The van der Waals surface area contributed by atoms with Crippen molar-refractivity contribution in [2.45, 2.75) is 26.3 Å². The smallest absolute Gasteiger partial charge is 0.329 e. The lowest BCUT2D eigenvalue weighted by Gasteiger charge is -2.26. The van der Waals surface area contributed by atoms with Gasteiger partial charge in [-0.3, -0.25) is 14.5 Å². The maximum Gasteiger partial charge on any atom is 0.329 e. The van der Waals surface area contributed by atoms with Gasteiger partial charge in [-0.25, -0.2) is 4.79 Å². The summed E-state index contributed by atoms with van der Waals surface area (Å²) in [5.41, 5.74) is 0.289. The van der Waals surface area contributed by atoms with E-state index in [0.29, 0.717) is 0 Å². The lowest BCUT2D eigenvalue weighted by Crippen LogP contribution is -2.45. The summed E-state index contributed by atoms with van der Waals surface area (Å²) < 4.78 is 20.8. The zero-order chi connectivity index (χ0) is 18.7. The Morgan fingerprint density at radius 2 is 1.72 bits per heavy atom. The molecule has 8 nitrogen and oxygen atoms in total. The van der Waals surface area contributed by atoms with E-state index in [1.807, 2.05) is 0 Å². The van der Waals surface area contributed by atoms with E-state index in [9.17, 15) is 14.4 Å². The van der Waals surface area contributed by atoms with Crippen molar-refractivity contribution in [3.63, 3.8) is 0 Å². The molecule has 0 aliphatic carbocycles. The quantitative estimate of drug-likeness (QED) is 0.544. The normalized spacial score (nSPS) is 14.2. The Bertz CT molecular complexity index is 713. The van der Waals surface area contributed by atoms with Crippen molar-refractivity contribution in [2.24, 2.45) is 0 Å². The predicted octanol–water partition coefficient (Wildman–Crippen LogP) is 1.58. The van der Waals surface area contributed by atoms with Crippen LogP contribution in [0.25, 0.3) is 0 Å². The molecule has 0 saturated heterocycles. The Morgan fingerprint density at radius 3 is 2.20 bits per heavy atom. The maximum absolute atomic E-state index is 12.6. The number of anilines is 1. The minimum atomic E-state index is -0.916. The van der Waals surface area contributed by atoms with Gasteiger partial charge < -0.3 is 18.9 Å². The second kappa shape index (κ2) is 7.42. The van der Waals surface area contributed by atoms with E-state index in [1.165, 1.54) is 27.4 Å². The highest BCUT2D eigenvalue weighted by molar-refractivity contribution is 6.53. The molecule has 0 spiro atoms. The van der Waals surface area contributed by atoms with E-state index in [2.05, 4.69) is 0 Å². The molecule has 0 bridgehead atoms. The van der Waals surface area contributed by atoms with Crippen LogP contribution in [-0.4, -0.2) is 51.6 Å². The number of benzene rings is 1. The topological polar surface area (TPSA) is 91.4 Å². The summed E-state index contributed by atoms with van der Waals surface area (Å²) >= 11 is 0. The molecule has 1 atom stereocenters. The number of Topliss-reactive ketones (excluding diaryl/α,β-unsaturated/α-hetero) is 1. The van der Waals surface area contributed by atoms with Gasteiger partial charge in [-0.05, 0) is 13.3 Å². The number of esters is 1. The number of carbonyl (C=O) groups excluding carboxylic acids is 3. The molecule has 0 fully saturated rings. The Kier molecular flexibility index (Phi) is 5.51. The van der Waals surface area contributed by atoms with Crippen molar-refractivity contribution in [1.82, 2.24) is 0 Å². The minimum absolute atomic E-state index is 0.0490. The summed E-state index contributed by atoms with van der Waals surface area (Å²) in [5, 5.41) is 0. The maximum atomic E-state index is 12.6. The third-order valence-electron chi connectivity index (χ3n) is 3.97. The zero-order valence-corrected chi connectivity index (χ0v) is 14.9. The molecule has 25 heavy (non-hydrogen) atoms. The number of carbonyl (C=O) groups is 3. The largest absolute Gasteiger partial charge is 0.493 e. The standard InChI is InChI=1S/C17H21NO7/c1-6-9(17(21)25-7-2)18-10-8-11(22-3)14(23-4)15(24-5)12(10)13(19)16(18)20/h8-9H,6-7H2,1-5H3. The van der Waals surface area contributed by atoms with Crippen molar-refractivity contribution in [2.75, 3.05) is 32.8 Å². The predicted molar refractivity (Wildman–Crippen MR) is 88.6 cm³/mol. The highest BCUT2D eigenvalue weighted by Crippen LogP contribution is 2.48. The Hall–Kier alpha value is -2.77. The molecular formula is C17H21NO7. The van der Waals surface area contributed by atoms with E-state index in [0.717, 1.165) is 4.90 Å². The molecule has 1 amide bonds. The monoisotopic (exact) mass is 351 g/mol. The molecule has 0 aromatic heterocycles. The number of methoxy groups -OCH3 is 3. The van der Waals surface area contributed by atoms with Crippen molar-refractivity contribution >= 4 is 23.3 Å². The first-order valence-electron chi connectivity index (χ1n) is 7.84. The molecule has 1 aliphatic heterocycles. The van der Waals surface area contributed by atoms with E-state index in [4.69, 9.17) is 18.9 Å². The van der Waals surface area contributed by atoms with Crippen LogP contribution in [0.4, 0.5) is 5.69 Å². The first-order valence-corrected chi connectivity index (χ1v) is 7.84. The van der Waals surface area contributed by atoms with Gasteiger partial charge in [-0.1, -0.05) is 6.92 Å². The summed E-state index contributed by atoms with van der Waals surface area (Å²) in [4.78, 5) is 38.5. The summed E-state index contributed by atoms with van der Waals surface area (Å²) in [7, 11) is 4.19. The first-order chi connectivity index (χ1) is 12.0. The molecule has 0 N–H and O–H groups in total. The number of amides is 1. The van der Waals surface area contributed by atoms with Gasteiger partial charge in [-0.2, -0.15) is 0 Å². The fourth-order valence-corrected chi connectivity index (χ4v) is 2.88. The average Bonchev–Trinajstić information content (AvgIpc) is 2.86. The van der Waals surface area contributed by atoms with Gasteiger partial charge >= 0.3 is 5.97 Å². The highest BCUT2D eigenvalue weighted by atomic mass is 16.5. The second-order valence-electron chi connectivity index (χ2n) is 5.22. The summed E-state index contributed by atoms with van der Waals surface area (Å²) in [5.74, 6) is -1.58. The Labute approximate surface area is 145 Å². The third-order valence-corrected chi connectivity index (χ3v) is 3.97. The van der Waals surface area contributed by atoms with E-state index < -0.39 is 23.7 Å². The van der Waals surface area contributed by atoms with Crippen molar-refractivity contribution < 1.29 is 33.3 Å². The lowest BCUT2D eigenvalue weighted by molar-refractivity contribution is -0.145. The van der Waals surface area contributed by atoms with Gasteiger partial charge in [0.15, 0.2) is 11.5 Å². The van der Waals surface area contributed by atoms with E-state index >= 15 is 0 Å². The van der Waals surface area contributed by atoms with Crippen molar-refractivity contribution in [3.8, 4) is 17.2 Å². The molecule has 2 rings (SSSR count). The number of ether oxygens (including phenoxy) is 4. The van der Waals surface area contributed by atoms with E-state index in [-0.39, 0.29) is 41.5 Å². The van der Waals surface area contributed by atoms with Crippen molar-refractivity contribution in [1.29, 1.82) is 0 Å². The van der Waals surface area contributed by atoms with Gasteiger partial charge in [0.1, 0.15) is 6.04 Å². The third kappa shape index (κ3) is 2.88. The molecule has 1 aliphatic rings. The first kappa shape index (κ1) is 18.6. The number of hydrogen-bond donors (Lipinski definition) is 0. The van der Waals surface area contributed by atoms with Gasteiger partial charge in [0.25, 0.3) is 11.7 Å². The number of rotatable bonds is 7. The second-order valence-corrected chi connectivity index (χ2v) is 5.22. The van der Waals surface area contributed by atoms with Crippen LogP contribution >= 0.6 is 0 Å². The highest BCUT2D eigenvalue weighted by Gasteiger charge is 2.46. The van der Waals surface area contributed by atoms with Gasteiger partial charge in [0, 0.05) is 6.07 Å². The molecule has 8 heteroatoms. The van der Waals surface area contributed by atoms with Crippen molar-refractivity contribution in [3.05, 3.63) is 11.6 Å². The average molecular weight is 351 g/mol. The molecule has 0 radical (unpaired) electrons. The summed E-state index contributed by atoms with van der Waals surface area (Å²) in [6, 6.07) is 0.571. The van der Waals surface area contributed by atoms with Crippen LogP contribution < -0.4 is 19.1 Å². The molecular weight excluding hydrogens is 330 g/mol. The lowest BCUT2D eigenvalue weighted by atomic mass is 10.1. The zero-order valence-electron chi connectivity index (χ0n) is 14.9.